The molecule has 0 N–H and O–H groups in total. The Balaban J connectivity index is 0.000000491. The van der Waals surface area contributed by atoms with Gasteiger partial charge < -0.3 is 0 Å². The van der Waals surface area contributed by atoms with E-state index in [2.05, 4.69) is 133 Å². The van der Waals surface area contributed by atoms with Crippen LogP contribution in [-0.4, -0.2) is 0 Å². The van der Waals surface area contributed by atoms with Gasteiger partial charge in [-0.15, -0.1) is 5.30 Å². The number of hydrogen-bond acceptors (Lipinski definition) is 0. The maximum absolute atomic E-state index is 6.99. The van der Waals surface area contributed by atoms with Crippen LogP contribution in [0.1, 0.15) is 0 Å². The summed E-state index contributed by atoms with van der Waals surface area (Å²) >= 11 is 12.4. The monoisotopic (exact) mass is 728 g/mol. The Bertz CT molecular complexity index is 1450. The van der Waals surface area contributed by atoms with Gasteiger partial charge in [0.05, 0.1) is 0 Å². The van der Waals surface area contributed by atoms with E-state index >= 15 is 0 Å². The maximum atomic E-state index is 6.99. The first-order chi connectivity index (χ1) is 18.7. The van der Waals surface area contributed by atoms with E-state index in [0.29, 0.717) is 0 Å². The van der Waals surface area contributed by atoms with Crippen molar-refractivity contribution in [2.75, 3.05) is 0 Å². The molecule has 0 aliphatic carbocycles. The van der Waals surface area contributed by atoms with Crippen LogP contribution < -0.4 is 31.8 Å². The van der Waals surface area contributed by atoms with Crippen LogP contribution in [-0.2, 0) is 37.5 Å². The van der Waals surface area contributed by atoms with Crippen molar-refractivity contribution in [3.8, 4) is 0 Å². The van der Waals surface area contributed by atoms with Crippen LogP contribution in [0.5, 0.6) is 0 Å². The summed E-state index contributed by atoms with van der Waals surface area (Å²) < 4.78 is 0. The predicted octanol–water partition coefficient (Wildman–Crippen LogP) is 7.63. The first kappa shape index (κ1) is 32.7. The predicted molar refractivity (Wildman–Crippen MR) is 172 cm³/mol. The topological polar surface area (TPSA) is 0 Å². The second-order valence-electron chi connectivity index (χ2n) is 8.53. The first-order valence-electron chi connectivity index (χ1n) is 12.4. The number of halogens is 2. The van der Waals surface area contributed by atoms with Crippen molar-refractivity contribution in [2.24, 2.45) is 0 Å². The summed E-state index contributed by atoms with van der Waals surface area (Å²) in [4.78, 5) is 0. The minimum atomic E-state index is -0.780. The van der Waals surface area contributed by atoms with Gasteiger partial charge in [-0.05, 0) is 29.1 Å². The molecule has 6 heteroatoms. The quantitative estimate of drug-likeness (QED) is 0.0941. The maximum Gasteiger partial charge on any atom is 2.00 e. The molecule has 0 bridgehead atoms. The summed E-state index contributed by atoms with van der Waals surface area (Å²) in [6.45, 7) is 0. The zero-order chi connectivity index (χ0) is 26.2. The van der Waals surface area contributed by atoms with Gasteiger partial charge in [0.2, 0.25) is 0 Å². The van der Waals surface area contributed by atoms with Gasteiger partial charge in [-0.1, -0.05) is 139 Å². The third kappa shape index (κ3) is 8.15. The van der Waals surface area contributed by atoms with Crippen molar-refractivity contribution >= 4 is 70.9 Å². The van der Waals surface area contributed by atoms with Gasteiger partial charge in [-0.25, -0.2) is 18.2 Å². The molecule has 0 unspecified atom stereocenters. The van der Waals surface area contributed by atoms with E-state index in [9.17, 15) is 0 Å². The molecule has 0 saturated carbocycles. The standard InChI is InChI=1S/C29H22ClP2.C5H4Cl.Fe.Pd/c30-27-21-22-28(31(23-13-5-1-6-14-23)24-15-7-2-8-16-24)29(27)32(25-17-9-3-10-18-25)26-19-11-4-12-20-26;6-5-3-1-2-4-5;;/h1-22H;1-4H;;/q2*-1;+2;. The largest absolute Gasteiger partial charge is 2.00 e. The molecular weight excluding hydrogens is 703 g/mol. The normalized spacial score (nSPS) is 10.3. The van der Waals surface area contributed by atoms with Gasteiger partial charge >= 0.3 is 17.1 Å². The van der Waals surface area contributed by atoms with Crippen molar-refractivity contribution in [3.05, 3.63) is 168 Å². The molecule has 204 valence electrons. The van der Waals surface area contributed by atoms with Crippen LogP contribution >= 0.6 is 39.0 Å². The molecule has 0 atom stereocenters. The summed E-state index contributed by atoms with van der Waals surface area (Å²) in [6, 6.07) is 55.2. The Hall–Kier alpha value is -1.80. The molecule has 0 spiro atoms. The van der Waals surface area contributed by atoms with Gasteiger partial charge in [0.15, 0.2) is 0 Å². The molecule has 6 rings (SSSR count). The number of hydrogen-bond donors (Lipinski definition) is 0. The molecule has 0 fully saturated rings. The molecular formula is C34H26Cl2FeP2Pd. The summed E-state index contributed by atoms with van der Waals surface area (Å²) in [6.07, 6.45) is 0. The third-order valence-electron chi connectivity index (χ3n) is 6.00. The molecule has 6 aromatic carbocycles. The third-order valence-corrected chi connectivity index (χ3v) is 11.9. The summed E-state index contributed by atoms with van der Waals surface area (Å²) in [5, 5.41) is 9.62. The number of benzene rings is 4. The zero-order valence-corrected chi connectivity index (χ0v) is 27.3. The minimum Gasteiger partial charge on any atom is -0.212 e. The van der Waals surface area contributed by atoms with E-state index in [0.717, 1.165) is 10.0 Å². The van der Waals surface area contributed by atoms with Gasteiger partial charge in [0.1, 0.15) is 0 Å². The molecule has 0 aliphatic rings. The second kappa shape index (κ2) is 16.6. The van der Waals surface area contributed by atoms with Crippen LogP contribution in [0.25, 0.3) is 0 Å². The van der Waals surface area contributed by atoms with Crippen molar-refractivity contribution in [3.63, 3.8) is 0 Å². The molecule has 40 heavy (non-hydrogen) atoms. The summed E-state index contributed by atoms with van der Waals surface area (Å²) in [7, 11) is -1.51. The molecule has 0 aromatic heterocycles. The van der Waals surface area contributed by atoms with Crippen molar-refractivity contribution in [2.45, 2.75) is 0 Å². The van der Waals surface area contributed by atoms with Gasteiger partial charge in [0.25, 0.3) is 0 Å². The van der Waals surface area contributed by atoms with E-state index in [1.54, 1.807) is 0 Å². The fourth-order valence-corrected chi connectivity index (χ4v) is 10.3. The Kier molecular flexibility index (Phi) is 13.6. The fraction of sp³-hybridized carbons (Fsp3) is 0. The molecule has 0 nitrogen and oxygen atoms in total. The molecule has 0 saturated heterocycles. The van der Waals surface area contributed by atoms with Crippen molar-refractivity contribution < 1.29 is 37.5 Å². The van der Waals surface area contributed by atoms with Crippen molar-refractivity contribution in [1.29, 1.82) is 0 Å². The Morgan fingerprint density at radius 3 is 1.10 bits per heavy atom. The molecule has 0 heterocycles. The van der Waals surface area contributed by atoms with Gasteiger partial charge in [-0.2, -0.15) is 46.7 Å². The molecule has 0 radical (unpaired) electrons. The van der Waals surface area contributed by atoms with E-state index in [-0.39, 0.29) is 37.5 Å². The Morgan fingerprint density at radius 1 is 0.425 bits per heavy atom. The van der Waals surface area contributed by atoms with E-state index in [1.165, 1.54) is 31.8 Å². The zero-order valence-electron chi connectivity index (χ0n) is 21.3. The summed E-state index contributed by atoms with van der Waals surface area (Å²) in [5.74, 6) is 0. The van der Waals surface area contributed by atoms with Crippen LogP contribution in [0.2, 0.25) is 10.0 Å². The average Bonchev–Trinajstić information content (AvgIpc) is 3.61. The van der Waals surface area contributed by atoms with Crippen molar-refractivity contribution in [1.82, 2.24) is 0 Å². The molecule has 0 aliphatic heterocycles. The summed E-state index contributed by atoms with van der Waals surface area (Å²) in [5.41, 5.74) is 0. The second-order valence-corrected chi connectivity index (χ2v) is 13.7. The SMILES string of the molecule is Cl[c-]1ccc(P(c2ccccc2)c2ccccc2)c1P(c1ccccc1)c1ccccc1.Cl[c-]1cccc1.[Fe+2].[Pd]. The smallest absolute Gasteiger partial charge is 0.212 e. The first-order valence-corrected chi connectivity index (χ1v) is 15.8. The van der Waals surface area contributed by atoms with Crippen LogP contribution in [0.4, 0.5) is 0 Å². The van der Waals surface area contributed by atoms with Gasteiger partial charge in [0, 0.05) is 20.4 Å². The van der Waals surface area contributed by atoms with Crippen LogP contribution in [0.15, 0.2) is 158 Å². The minimum absolute atomic E-state index is 0. The molecule has 0 amide bonds. The number of rotatable bonds is 6. The fourth-order valence-electron chi connectivity index (χ4n) is 4.33. The van der Waals surface area contributed by atoms with E-state index < -0.39 is 15.8 Å². The van der Waals surface area contributed by atoms with Crippen LogP contribution in [0, 0.1) is 0 Å². The molecule has 6 aromatic rings. The van der Waals surface area contributed by atoms with Gasteiger partial charge in [-0.3, -0.25) is 0 Å². The average molecular weight is 730 g/mol. The van der Waals surface area contributed by atoms with E-state index in [4.69, 9.17) is 23.2 Å². The Labute approximate surface area is 274 Å². The van der Waals surface area contributed by atoms with Crippen LogP contribution in [0.3, 0.4) is 0 Å². The van der Waals surface area contributed by atoms with E-state index in [1.807, 2.05) is 24.3 Å². The Morgan fingerprint density at radius 2 is 0.775 bits per heavy atom.